The summed E-state index contributed by atoms with van der Waals surface area (Å²) in [7, 11) is -3.66. The maximum atomic E-state index is 13.1. The lowest BCUT2D eigenvalue weighted by atomic mass is 10.0. The van der Waals surface area contributed by atoms with E-state index in [2.05, 4.69) is 17.2 Å². The number of aromatic nitrogens is 2. The number of benzene rings is 1. The van der Waals surface area contributed by atoms with Crippen molar-refractivity contribution in [3.05, 3.63) is 41.6 Å². The number of nitrogens with zero attached hydrogens (tertiary/aromatic N) is 3. The van der Waals surface area contributed by atoms with E-state index in [0.717, 1.165) is 18.9 Å². The lowest BCUT2D eigenvalue weighted by Crippen LogP contribution is -2.38. The minimum Gasteiger partial charge on any atom is -0.327 e. The lowest BCUT2D eigenvalue weighted by Gasteiger charge is -2.28. The zero-order valence-electron chi connectivity index (χ0n) is 14.7. The number of imidazole rings is 1. The van der Waals surface area contributed by atoms with Crippen molar-refractivity contribution in [2.45, 2.75) is 31.3 Å². The van der Waals surface area contributed by atoms with Crippen molar-refractivity contribution in [3.63, 3.8) is 0 Å². The Morgan fingerprint density at radius 3 is 2.74 bits per heavy atom. The van der Waals surface area contributed by atoms with Gasteiger partial charge in [-0.3, -0.25) is 4.79 Å². The molecule has 1 saturated heterocycles. The molecular weight excluding hydrogens is 395 g/mol. The molecule has 0 bridgehead atoms. The smallest absolute Gasteiger partial charge is 0.262 e. The van der Waals surface area contributed by atoms with Crippen LogP contribution in [0.4, 0.5) is 10.1 Å². The second-order valence-corrected chi connectivity index (χ2v) is 8.94. The van der Waals surface area contributed by atoms with Gasteiger partial charge in [0.2, 0.25) is 5.91 Å². The standard InChI is InChI=1S/C17H20ClFN4O3S/c1-12-4-6-23(7-5-12)27(25,26)17-10-22(11-20-17)9-16(24)21-15-3-2-13(19)8-14(15)18/h2-3,8,10-12H,4-7,9H2,1H3,(H,21,24). The lowest BCUT2D eigenvalue weighted by molar-refractivity contribution is -0.116. The third-order valence-electron chi connectivity index (χ3n) is 4.49. The highest BCUT2D eigenvalue weighted by molar-refractivity contribution is 7.89. The molecular formula is C17H20ClFN4O3S. The Morgan fingerprint density at radius 2 is 2.07 bits per heavy atom. The molecule has 1 aliphatic heterocycles. The fourth-order valence-electron chi connectivity index (χ4n) is 2.86. The van der Waals surface area contributed by atoms with Gasteiger partial charge in [0.25, 0.3) is 10.0 Å². The van der Waals surface area contributed by atoms with E-state index in [1.165, 1.54) is 33.5 Å². The molecule has 3 rings (SSSR count). The molecule has 1 N–H and O–H groups in total. The molecule has 0 aliphatic carbocycles. The number of carbonyl (C=O) groups is 1. The molecule has 1 aromatic heterocycles. The topological polar surface area (TPSA) is 84.3 Å². The van der Waals surface area contributed by atoms with Crippen molar-refractivity contribution >= 4 is 33.2 Å². The SMILES string of the molecule is CC1CCN(S(=O)(=O)c2cn(CC(=O)Nc3ccc(F)cc3Cl)cn2)CC1. The molecule has 0 unspecified atom stereocenters. The van der Waals surface area contributed by atoms with Gasteiger partial charge in [0.1, 0.15) is 12.4 Å². The molecule has 0 atom stereocenters. The van der Waals surface area contributed by atoms with Crippen LogP contribution in [-0.2, 0) is 21.4 Å². The highest BCUT2D eigenvalue weighted by Gasteiger charge is 2.29. The van der Waals surface area contributed by atoms with Gasteiger partial charge in [-0.05, 0) is 37.0 Å². The van der Waals surface area contributed by atoms with Crippen molar-refractivity contribution in [2.24, 2.45) is 5.92 Å². The van der Waals surface area contributed by atoms with Crippen molar-refractivity contribution in [1.29, 1.82) is 0 Å². The Bertz CT molecular complexity index is 939. The maximum Gasteiger partial charge on any atom is 0.262 e. The normalized spacial score (nSPS) is 16.4. The van der Waals surface area contributed by atoms with Crippen LogP contribution < -0.4 is 5.32 Å². The minimum atomic E-state index is -3.66. The van der Waals surface area contributed by atoms with E-state index in [9.17, 15) is 17.6 Å². The number of amides is 1. The average molecular weight is 415 g/mol. The molecule has 146 valence electrons. The van der Waals surface area contributed by atoms with Gasteiger partial charge in [-0.25, -0.2) is 17.8 Å². The van der Waals surface area contributed by atoms with Crippen LogP contribution in [0.5, 0.6) is 0 Å². The molecule has 1 fully saturated rings. The van der Waals surface area contributed by atoms with Crippen molar-refractivity contribution in [1.82, 2.24) is 13.9 Å². The number of sulfonamides is 1. The molecule has 10 heteroatoms. The fourth-order valence-corrected chi connectivity index (χ4v) is 4.48. The molecule has 0 radical (unpaired) electrons. The van der Waals surface area contributed by atoms with E-state index in [4.69, 9.17) is 11.6 Å². The average Bonchev–Trinajstić information content (AvgIpc) is 3.07. The summed E-state index contributed by atoms with van der Waals surface area (Å²) in [6.45, 7) is 2.90. The molecule has 0 spiro atoms. The fraction of sp³-hybridized carbons (Fsp3) is 0.412. The Kier molecular flexibility index (Phi) is 5.83. The van der Waals surface area contributed by atoms with E-state index in [1.807, 2.05) is 0 Å². The molecule has 2 heterocycles. The maximum absolute atomic E-state index is 13.1. The number of nitrogens with one attached hydrogen (secondary N) is 1. The van der Waals surface area contributed by atoms with E-state index < -0.39 is 21.7 Å². The van der Waals surface area contributed by atoms with Crippen LogP contribution in [0.3, 0.4) is 0 Å². The summed E-state index contributed by atoms with van der Waals surface area (Å²) in [4.78, 5) is 16.1. The molecule has 1 aromatic carbocycles. The molecule has 27 heavy (non-hydrogen) atoms. The van der Waals surface area contributed by atoms with Crippen LogP contribution in [0, 0.1) is 11.7 Å². The van der Waals surface area contributed by atoms with Crippen LogP contribution in [-0.4, -0.2) is 41.3 Å². The zero-order chi connectivity index (χ0) is 19.6. The van der Waals surface area contributed by atoms with Crippen LogP contribution in [0.1, 0.15) is 19.8 Å². The second-order valence-electron chi connectivity index (χ2n) is 6.64. The summed E-state index contributed by atoms with van der Waals surface area (Å²) in [5.74, 6) is -0.429. The third kappa shape index (κ3) is 4.66. The number of hydrogen-bond donors (Lipinski definition) is 1. The van der Waals surface area contributed by atoms with Gasteiger partial charge >= 0.3 is 0 Å². The summed E-state index contributed by atoms with van der Waals surface area (Å²) >= 11 is 5.88. The number of hydrogen-bond acceptors (Lipinski definition) is 4. The van der Waals surface area contributed by atoms with E-state index in [-0.39, 0.29) is 22.3 Å². The van der Waals surface area contributed by atoms with Crippen LogP contribution in [0.25, 0.3) is 0 Å². The van der Waals surface area contributed by atoms with Gasteiger partial charge in [0.05, 0.1) is 17.0 Å². The van der Waals surface area contributed by atoms with Crippen LogP contribution in [0.2, 0.25) is 5.02 Å². The van der Waals surface area contributed by atoms with Crippen LogP contribution in [0.15, 0.2) is 35.7 Å². The molecule has 0 saturated carbocycles. The Labute approximate surface area is 162 Å². The summed E-state index contributed by atoms with van der Waals surface area (Å²) in [5.41, 5.74) is 0.276. The Balaban J connectivity index is 1.66. The van der Waals surface area contributed by atoms with E-state index in [1.54, 1.807) is 0 Å². The largest absolute Gasteiger partial charge is 0.327 e. The van der Waals surface area contributed by atoms with Gasteiger partial charge in [0.15, 0.2) is 5.03 Å². The predicted octanol–water partition coefficient (Wildman–Crippen LogP) is 2.73. The summed E-state index contributed by atoms with van der Waals surface area (Å²) in [6.07, 6.45) is 4.27. The summed E-state index contributed by atoms with van der Waals surface area (Å²) in [5, 5.41) is 2.56. The number of piperidine rings is 1. The summed E-state index contributed by atoms with van der Waals surface area (Å²) < 4.78 is 41.2. The number of anilines is 1. The van der Waals surface area contributed by atoms with Crippen molar-refractivity contribution < 1.29 is 17.6 Å². The molecule has 1 amide bonds. The molecule has 2 aromatic rings. The number of rotatable bonds is 5. The number of carbonyl (C=O) groups excluding carboxylic acids is 1. The predicted molar refractivity (Wildman–Crippen MR) is 99.4 cm³/mol. The third-order valence-corrected chi connectivity index (χ3v) is 6.58. The first-order valence-corrected chi connectivity index (χ1v) is 10.3. The zero-order valence-corrected chi connectivity index (χ0v) is 16.3. The highest BCUT2D eigenvalue weighted by Crippen LogP contribution is 2.23. The van der Waals surface area contributed by atoms with Gasteiger partial charge in [0, 0.05) is 19.3 Å². The summed E-state index contributed by atoms with van der Waals surface area (Å²) in [6, 6.07) is 3.64. The highest BCUT2D eigenvalue weighted by atomic mass is 35.5. The monoisotopic (exact) mass is 414 g/mol. The van der Waals surface area contributed by atoms with E-state index in [0.29, 0.717) is 19.0 Å². The molecule has 7 nitrogen and oxygen atoms in total. The van der Waals surface area contributed by atoms with Gasteiger partial charge < -0.3 is 9.88 Å². The van der Waals surface area contributed by atoms with Crippen LogP contribution >= 0.6 is 11.6 Å². The molecule has 1 aliphatic rings. The van der Waals surface area contributed by atoms with E-state index >= 15 is 0 Å². The van der Waals surface area contributed by atoms with Gasteiger partial charge in [-0.2, -0.15) is 4.31 Å². The van der Waals surface area contributed by atoms with Gasteiger partial charge in [-0.15, -0.1) is 0 Å². The first-order chi connectivity index (χ1) is 12.8. The first-order valence-electron chi connectivity index (χ1n) is 8.52. The first kappa shape index (κ1) is 19.8. The Hall–Kier alpha value is -1.97. The van der Waals surface area contributed by atoms with Gasteiger partial charge in [-0.1, -0.05) is 18.5 Å². The van der Waals surface area contributed by atoms with Crippen molar-refractivity contribution in [2.75, 3.05) is 18.4 Å². The Morgan fingerprint density at radius 1 is 1.37 bits per heavy atom. The second kappa shape index (κ2) is 7.95. The van der Waals surface area contributed by atoms with Crippen molar-refractivity contribution in [3.8, 4) is 0 Å². The minimum absolute atomic E-state index is 0.0790. The quantitative estimate of drug-likeness (QED) is 0.815. The number of halogens is 2.